The van der Waals surface area contributed by atoms with Gasteiger partial charge in [0.15, 0.2) is 0 Å². The number of rotatable bonds is 3. The maximum atomic E-state index is 11.8. The Kier molecular flexibility index (Phi) is 4.74. The van der Waals surface area contributed by atoms with Crippen molar-refractivity contribution in [1.29, 1.82) is 0 Å². The van der Waals surface area contributed by atoms with Crippen molar-refractivity contribution in [3.8, 4) is 0 Å². The maximum absolute atomic E-state index is 11.8. The number of nitrogens with zero attached hydrogens (tertiary/aromatic N) is 1. The summed E-state index contributed by atoms with van der Waals surface area (Å²) in [4.78, 5) is 13.9. The van der Waals surface area contributed by atoms with E-state index in [1.54, 1.807) is 0 Å². The second kappa shape index (κ2) is 6.31. The van der Waals surface area contributed by atoms with Crippen molar-refractivity contribution < 1.29 is 9.90 Å². The molecule has 0 bridgehead atoms. The Bertz CT molecular complexity index is 417. The van der Waals surface area contributed by atoms with Crippen molar-refractivity contribution in [3.63, 3.8) is 0 Å². The Balaban J connectivity index is 1.82. The lowest BCUT2D eigenvalue weighted by Crippen LogP contribution is -2.40. The molecule has 0 aliphatic carbocycles. The number of carbonyl (C=O) groups is 1. The first kappa shape index (κ1) is 13.5. The highest BCUT2D eigenvalue weighted by atomic mass is 79.9. The lowest BCUT2D eigenvalue weighted by molar-refractivity contribution is -0.117. The van der Waals surface area contributed by atoms with Gasteiger partial charge in [0.1, 0.15) is 0 Å². The van der Waals surface area contributed by atoms with E-state index < -0.39 is 0 Å². The third-order valence-corrected chi connectivity index (χ3v) is 3.53. The quantitative estimate of drug-likeness (QED) is 0.895. The summed E-state index contributed by atoms with van der Waals surface area (Å²) in [5.41, 5.74) is 0.798. The minimum absolute atomic E-state index is 0.00973. The van der Waals surface area contributed by atoms with E-state index in [2.05, 4.69) is 26.1 Å². The third-order valence-electron chi connectivity index (χ3n) is 3.03. The Hall–Kier alpha value is -0.910. The van der Waals surface area contributed by atoms with Gasteiger partial charge in [-0.05, 0) is 31.0 Å². The second-order valence-electron chi connectivity index (χ2n) is 4.57. The van der Waals surface area contributed by atoms with Gasteiger partial charge in [-0.25, -0.2) is 0 Å². The minimum atomic E-state index is -0.200. The summed E-state index contributed by atoms with van der Waals surface area (Å²) >= 11 is 3.37. The molecule has 1 fully saturated rings. The van der Waals surface area contributed by atoms with Gasteiger partial charge in [-0.1, -0.05) is 22.0 Å². The van der Waals surface area contributed by atoms with Crippen molar-refractivity contribution in [1.82, 2.24) is 4.90 Å². The smallest absolute Gasteiger partial charge is 0.238 e. The summed E-state index contributed by atoms with van der Waals surface area (Å²) < 4.78 is 0.946. The fraction of sp³-hybridized carbons (Fsp3) is 0.462. The van der Waals surface area contributed by atoms with Gasteiger partial charge in [-0.15, -0.1) is 0 Å². The molecule has 2 N–H and O–H groups in total. The van der Waals surface area contributed by atoms with Gasteiger partial charge < -0.3 is 10.4 Å². The molecule has 0 saturated carbocycles. The van der Waals surface area contributed by atoms with Crippen LogP contribution in [0, 0.1) is 0 Å². The number of nitrogens with one attached hydrogen (secondary N) is 1. The average molecular weight is 313 g/mol. The van der Waals surface area contributed by atoms with E-state index in [9.17, 15) is 9.90 Å². The van der Waals surface area contributed by atoms with Gasteiger partial charge in [0.05, 0.1) is 12.6 Å². The Morgan fingerprint density at radius 1 is 1.44 bits per heavy atom. The average Bonchev–Trinajstić information content (AvgIpc) is 2.32. The van der Waals surface area contributed by atoms with Crippen LogP contribution in [-0.4, -0.2) is 41.7 Å². The molecule has 2 rings (SSSR count). The zero-order valence-corrected chi connectivity index (χ0v) is 11.7. The maximum Gasteiger partial charge on any atom is 0.238 e. The number of hydrogen-bond donors (Lipinski definition) is 2. The molecule has 1 aromatic carbocycles. The lowest BCUT2D eigenvalue weighted by atomic mass is 10.1. The predicted octanol–water partition coefficient (Wildman–Crippen LogP) is 1.84. The second-order valence-corrected chi connectivity index (χ2v) is 5.48. The molecule has 0 atom stereocenters. The molecule has 1 aliphatic rings. The molecule has 1 aliphatic heterocycles. The lowest BCUT2D eigenvalue weighted by Gasteiger charge is -2.28. The van der Waals surface area contributed by atoms with Crippen LogP contribution in [0.3, 0.4) is 0 Å². The van der Waals surface area contributed by atoms with Gasteiger partial charge in [-0.3, -0.25) is 9.69 Å². The Morgan fingerprint density at radius 3 is 2.83 bits per heavy atom. The van der Waals surface area contributed by atoms with Gasteiger partial charge in [0.25, 0.3) is 0 Å². The molecule has 1 aromatic rings. The summed E-state index contributed by atoms with van der Waals surface area (Å²) in [6, 6.07) is 7.54. The molecule has 1 heterocycles. The first-order valence-electron chi connectivity index (χ1n) is 6.09. The number of likely N-dealkylation sites (tertiary alicyclic amines) is 1. The predicted molar refractivity (Wildman–Crippen MR) is 74.5 cm³/mol. The van der Waals surface area contributed by atoms with Crippen LogP contribution in [0.25, 0.3) is 0 Å². The highest BCUT2D eigenvalue weighted by molar-refractivity contribution is 9.10. The molecule has 0 aromatic heterocycles. The number of benzene rings is 1. The molecule has 1 amide bonds. The molecular weight excluding hydrogens is 296 g/mol. The first-order valence-corrected chi connectivity index (χ1v) is 6.88. The summed E-state index contributed by atoms with van der Waals surface area (Å²) in [5, 5.41) is 12.3. The summed E-state index contributed by atoms with van der Waals surface area (Å²) in [6.45, 7) is 1.96. The number of carbonyl (C=O) groups excluding carboxylic acids is 1. The summed E-state index contributed by atoms with van der Waals surface area (Å²) in [7, 11) is 0. The van der Waals surface area contributed by atoms with E-state index in [1.807, 2.05) is 24.3 Å². The van der Waals surface area contributed by atoms with Crippen molar-refractivity contribution in [2.24, 2.45) is 0 Å². The van der Waals surface area contributed by atoms with E-state index in [0.717, 1.165) is 36.1 Å². The number of halogens is 1. The summed E-state index contributed by atoms with van der Waals surface area (Å²) in [6.07, 6.45) is 1.31. The van der Waals surface area contributed by atoms with E-state index in [1.165, 1.54) is 0 Å². The Labute approximate surface area is 115 Å². The van der Waals surface area contributed by atoms with Crippen molar-refractivity contribution in [2.75, 3.05) is 25.0 Å². The highest BCUT2D eigenvalue weighted by Gasteiger charge is 2.18. The van der Waals surface area contributed by atoms with Crippen LogP contribution < -0.4 is 5.32 Å². The third kappa shape index (κ3) is 4.08. The largest absolute Gasteiger partial charge is 0.393 e. The topological polar surface area (TPSA) is 52.6 Å². The molecular formula is C13H17BrN2O2. The minimum Gasteiger partial charge on any atom is -0.393 e. The molecule has 5 heteroatoms. The van der Waals surface area contributed by atoms with Crippen LogP contribution in [-0.2, 0) is 4.79 Å². The van der Waals surface area contributed by atoms with Gasteiger partial charge in [0, 0.05) is 23.2 Å². The first-order chi connectivity index (χ1) is 8.63. The zero-order chi connectivity index (χ0) is 13.0. The number of amides is 1. The monoisotopic (exact) mass is 312 g/mol. The molecule has 1 saturated heterocycles. The molecule has 4 nitrogen and oxygen atoms in total. The summed E-state index contributed by atoms with van der Waals surface area (Å²) in [5.74, 6) is -0.00973. The van der Waals surface area contributed by atoms with Crippen LogP contribution in [0.15, 0.2) is 28.7 Å². The van der Waals surface area contributed by atoms with E-state index in [0.29, 0.717) is 6.54 Å². The van der Waals surface area contributed by atoms with Gasteiger partial charge in [-0.2, -0.15) is 0 Å². The molecule has 98 valence electrons. The van der Waals surface area contributed by atoms with E-state index >= 15 is 0 Å². The van der Waals surface area contributed by atoms with Gasteiger partial charge in [0.2, 0.25) is 5.91 Å². The normalized spacial score (nSPS) is 17.7. The fourth-order valence-electron chi connectivity index (χ4n) is 2.05. The number of hydrogen-bond acceptors (Lipinski definition) is 3. The van der Waals surface area contributed by atoms with Crippen LogP contribution in [0.2, 0.25) is 0 Å². The SMILES string of the molecule is O=C(CN1CCC(O)CC1)Nc1cccc(Br)c1. The van der Waals surface area contributed by atoms with E-state index in [4.69, 9.17) is 0 Å². The van der Waals surface area contributed by atoms with Crippen LogP contribution in [0.1, 0.15) is 12.8 Å². The number of piperidine rings is 1. The van der Waals surface area contributed by atoms with Crippen molar-refractivity contribution in [2.45, 2.75) is 18.9 Å². The van der Waals surface area contributed by atoms with Crippen LogP contribution in [0.4, 0.5) is 5.69 Å². The number of anilines is 1. The fourth-order valence-corrected chi connectivity index (χ4v) is 2.45. The molecule has 18 heavy (non-hydrogen) atoms. The van der Waals surface area contributed by atoms with E-state index in [-0.39, 0.29) is 12.0 Å². The van der Waals surface area contributed by atoms with Crippen molar-refractivity contribution >= 4 is 27.5 Å². The molecule has 0 spiro atoms. The number of aliphatic hydroxyl groups excluding tert-OH is 1. The van der Waals surface area contributed by atoms with Crippen LogP contribution in [0.5, 0.6) is 0 Å². The zero-order valence-electron chi connectivity index (χ0n) is 10.1. The van der Waals surface area contributed by atoms with Crippen LogP contribution >= 0.6 is 15.9 Å². The standard InChI is InChI=1S/C13H17BrN2O2/c14-10-2-1-3-11(8-10)15-13(18)9-16-6-4-12(17)5-7-16/h1-3,8,12,17H,4-7,9H2,(H,15,18). The molecule has 0 radical (unpaired) electrons. The molecule has 0 unspecified atom stereocenters. The Morgan fingerprint density at radius 2 is 2.17 bits per heavy atom. The highest BCUT2D eigenvalue weighted by Crippen LogP contribution is 2.16. The number of aliphatic hydroxyl groups is 1. The van der Waals surface area contributed by atoms with Gasteiger partial charge >= 0.3 is 0 Å². The van der Waals surface area contributed by atoms with Crippen molar-refractivity contribution in [3.05, 3.63) is 28.7 Å².